The van der Waals surface area contributed by atoms with Crippen LogP contribution in [0.3, 0.4) is 0 Å². The highest BCUT2D eigenvalue weighted by Gasteiger charge is 2.45. The van der Waals surface area contributed by atoms with Crippen LogP contribution in [0.25, 0.3) is 0 Å². The second-order valence-electron chi connectivity index (χ2n) is 9.53. The van der Waals surface area contributed by atoms with E-state index in [0.717, 1.165) is 11.6 Å². The van der Waals surface area contributed by atoms with Crippen LogP contribution in [0.15, 0.2) is 91.1 Å². The van der Waals surface area contributed by atoms with Gasteiger partial charge in [-0.2, -0.15) is 17.6 Å². The van der Waals surface area contributed by atoms with Gasteiger partial charge < -0.3 is 10.1 Å². The van der Waals surface area contributed by atoms with Crippen molar-refractivity contribution in [1.29, 1.82) is 0 Å². The SMILES string of the molecule is O=C(N[C@@](Cc1ccccc1)(c1cccc(OC(F)(F)C(F)F)c1)c1ccc(Cl)cn1)N1CCc2cc(F)ccc21. The van der Waals surface area contributed by atoms with Gasteiger partial charge in [0, 0.05) is 24.8 Å². The zero-order valence-electron chi connectivity index (χ0n) is 21.3. The number of halogens is 6. The van der Waals surface area contributed by atoms with Crippen LogP contribution < -0.4 is 15.0 Å². The molecule has 0 bridgehead atoms. The first kappa shape index (κ1) is 28.4. The standard InChI is InChI=1S/C30H23ClF5N3O2/c31-22-9-12-26(37-18-22)29(17-19-5-2-1-3-6-19,21-7-4-8-24(16-21)41-30(35,36)27(33)34)38-28(40)39-14-13-20-15-23(32)10-11-25(20)39/h1-12,15-16,18,27H,13-14,17H2,(H,38,40)/t29-/m0/s1. The minimum absolute atomic E-state index is 0.0903. The van der Waals surface area contributed by atoms with Gasteiger partial charge in [0.2, 0.25) is 0 Å². The van der Waals surface area contributed by atoms with Gasteiger partial charge in [0.15, 0.2) is 0 Å². The molecule has 0 saturated heterocycles. The van der Waals surface area contributed by atoms with E-state index >= 15 is 0 Å². The summed E-state index contributed by atoms with van der Waals surface area (Å²) in [6, 6.07) is 21.0. The molecule has 1 aromatic heterocycles. The molecule has 2 heterocycles. The summed E-state index contributed by atoms with van der Waals surface area (Å²) < 4.78 is 71.8. The van der Waals surface area contributed by atoms with Crippen LogP contribution in [0, 0.1) is 5.82 Å². The number of carbonyl (C=O) groups excluding carboxylic acids is 1. The van der Waals surface area contributed by atoms with Gasteiger partial charge in [0.25, 0.3) is 0 Å². The molecule has 1 aliphatic heterocycles. The maximum absolute atomic E-state index is 13.9. The van der Waals surface area contributed by atoms with Gasteiger partial charge in [-0.3, -0.25) is 9.88 Å². The number of carbonyl (C=O) groups is 1. The fourth-order valence-corrected chi connectivity index (χ4v) is 5.02. The Morgan fingerprint density at radius 3 is 2.51 bits per heavy atom. The molecular weight excluding hydrogens is 565 g/mol. The third-order valence-corrected chi connectivity index (χ3v) is 7.04. The van der Waals surface area contributed by atoms with Crippen molar-refractivity contribution in [1.82, 2.24) is 10.3 Å². The summed E-state index contributed by atoms with van der Waals surface area (Å²) in [7, 11) is 0. The Labute approximate surface area is 237 Å². The van der Waals surface area contributed by atoms with Gasteiger partial charge in [-0.15, -0.1) is 0 Å². The zero-order valence-corrected chi connectivity index (χ0v) is 22.1. The lowest BCUT2D eigenvalue weighted by atomic mass is 9.80. The molecule has 1 aliphatic rings. The lowest BCUT2D eigenvalue weighted by Gasteiger charge is -2.37. The molecule has 5 rings (SSSR count). The number of hydrogen-bond donors (Lipinski definition) is 1. The van der Waals surface area contributed by atoms with E-state index in [2.05, 4.69) is 15.0 Å². The Bertz CT molecular complexity index is 1540. The van der Waals surface area contributed by atoms with Crippen molar-refractivity contribution < 1.29 is 31.5 Å². The van der Waals surface area contributed by atoms with E-state index in [9.17, 15) is 26.7 Å². The summed E-state index contributed by atoms with van der Waals surface area (Å²) in [5.74, 6) is -0.956. The summed E-state index contributed by atoms with van der Waals surface area (Å²) in [5.41, 5.74) is 0.961. The number of alkyl halides is 4. The lowest BCUT2D eigenvalue weighted by molar-refractivity contribution is -0.253. The van der Waals surface area contributed by atoms with Crippen LogP contribution >= 0.6 is 11.6 Å². The molecule has 1 atom stereocenters. The Morgan fingerprint density at radius 1 is 1.02 bits per heavy atom. The molecule has 5 nitrogen and oxygen atoms in total. The monoisotopic (exact) mass is 587 g/mol. The van der Waals surface area contributed by atoms with E-state index in [1.807, 2.05) is 18.2 Å². The van der Waals surface area contributed by atoms with Crippen LogP contribution in [0.5, 0.6) is 5.75 Å². The molecule has 11 heteroatoms. The molecule has 0 radical (unpaired) electrons. The maximum atomic E-state index is 13.9. The van der Waals surface area contributed by atoms with Crippen LogP contribution in [-0.2, 0) is 18.4 Å². The summed E-state index contributed by atoms with van der Waals surface area (Å²) >= 11 is 6.11. The minimum Gasteiger partial charge on any atom is -0.428 e. The molecule has 0 fully saturated rings. The van der Waals surface area contributed by atoms with Crippen molar-refractivity contribution in [3.05, 3.63) is 124 Å². The maximum Gasteiger partial charge on any atom is 0.461 e. The Kier molecular flexibility index (Phi) is 7.86. The molecule has 1 N–H and O–H groups in total. The number of fused-ring (bicyclic) bond motifs is 1. The summed E-state index contributed by atoms with van der Waals surface area (Å²) in [4.78, 5) is 19.9. The fourth-order valence-electron chi connectivity index (χ4n) is 4.91. The van der Waals surface area contributed by atoms with Gasteiger partial charge in [-0.25, -0.2) is 9.18 Å². The van der Waals surface area contributed by atoms with Crippen molar-refractivity contribution in [2.75, 3.05) is 11.4 Å². The largest absolute Gasteiger partial charge is 0.461 e. The number of nitrogens with zero attached hydrogens (tertiary/aromatic N) is 2. The summed E-state index contributed by atoms with van der Waals surface area (Å²) in [5, 5.41) is 3.36. The molecule has 0 aliphatic carbocycles. The number of urea groups is 1. The average molecular weight is 588 g/mol. The molecule has 0 saturated carbocycles. The number of hydrogen-bond acceptors (Lipinski definition) is 3. The highest BCUT2D eigenvalue weighted by molar-refractivity contribution is 6.30. The van der Waals surface area contributed by atoms with Gasteiger partial charge in [0.1, 0.15) is 17.1 Å². The molecule has 3 aromatic carbocycles. The van der Waals surface area contributed by atoms with Gasteiger partial charge in [-0.1, -0.05) is 54.1 Å². The average Bonchev–Trinajstić information content (AvgIpc) is 3.36. The van der Waals surface area contributed by atoms with Crippen molar-refractivity contribution in [2.45, 2.75) is 30.9 Å². The number of nitrogens with one attached hydrogen (secondary N) is 1. The van der Waals surface area contributed by atoms with Crippen molar-refractivity contribution >= 4 is 23.3 Å². The van der Waals surface area contributed by atoms with Crippen LogP contribution in [0.4, 0.5) is 32.4 Å². The molecule has 4 aromatic rings. The van der Waals surface area contributed by atoms with Crippen molar-refractivity contribution in [2.24, 2.45) is 0 Å². The van der Waals surface area contributed by atoms with E-state index in [1.165, 1.54) is 41.4 Å². The topological polar surface area (TPSA) is 54.5 Å². The van der Waals surface area contributed by atoms with E-state index < -0.39 is 35.7 Å². The number of benzene rings is 3. The highest BCUT2D eigenvalue weighted by Crippen LogP contribution is 2.38. The number of pyridine rings is 1. The van der Waals surface area contributed by atoms with Crippen molar-refractivity contribution in [3.63, 3.8) is 0 Å². The second-order valence-corrected chi connectivity index (χ2v) is 9.96. The molecular formula is C30H23ClF5N3O2. The quantitative estimate of drug-likeness (QED) is 0.219. The zero-order chi connectivity index (χ0) is 29.2. The first-order valence-corrected chi connectivity index (χ1v) is 12.9. The summed E-state index contributed by atoms with van der Waals surface area (Å²) in [6.07, 6.45) is -6.90. The molecule has 41 heavy (non-hydrogen) atoms. The molecule has 2 amide bonds. The Morgan fingerprint density at radius 2 is 1.80 bits per heavy atom. The van der Waals surface area contributed by atoms with Crippen LogP contribution in [0.1, 0.15) is 22.4 Å². The number of aromatic nitrogens is 1. The van der Waals surface area contributed by atoms with Crippen LogP contribution in [-0.4, -0.2) is 30.1 Å². The Hall–Kier alpha value is -4.18. The van der Waals surface area contributed by atoms with Gasteiger partial charge in [0.05, 0.1) is 10.7 Å². The van der Waals surface area contributed by atoms with E-state index in [0.29, 0.717) is 28.4 Å². The summed E-state index contributed by atoms with van der Waals surface area (Å²) in [6.45, 7) is 0.268. The van der Waals surface area contributed by atoms with E-state index in [1.54, 1.807) is 30.3 Å². The second kappa shape index (κ2) is 11.4. The Balaban J connectivity index is 1.64. The predicted molar refractivity (Wildman–Crippen MR) is 144 cm³/mol. The minimum atomic E-state index is -4.74. The number of amides is 2. The van der Waals surface area contributed by atoms with E-state index in [-0.39, 0.29) is 18.5 Å². The predicted octanol–water partition coefficient (Wildman–Crippen LogP) is 7.37. The smallest absolute Gasteiger partial charge is 0.428 e. The number of ether oxygens (including phenoxy) is 1. The highest BCUT2D eigenvalue weighted by atomic mass is 35.5. The molecule has 0 spiro atoms. The third-order valence-electron chi connectivity index (χ3n) is 6.81. The van der Waals surface area contributed by atoms with Gasteiger partial charge in [-0.05, 0) is 65.6 Å². The first-order chi connectivity index (χ1) is 19.6. The first-order valence-electron chi connectivity index (χ1n) is 12.6. The number of anilines is 1. The molecule has 0 unspecified atom stereocenters. The third kappa shape index (κ3) is 5.97. The van der Waals surface area contributed by atoms with E-state index in [4.69, 9.17) is 11.6 Å². The normalized spacial score (nSPS) is 14.5. The van der Waals surface area contributed by atoms with Crippen molar-refractivity contribution in [3.8, 4) is 5.75 Å². The van der Waals surface area contributed by atoms with Crippen LogP contribution in [0.2, 0.25) is 5.02 Å². The van der Waals surface area contributed by atoms with Gasteiger partial charge >= 0.3 is 18.6 Å². The fraction of sp³-hybridized carbons (Fsp3) is 0.200. The number of rotatable bonds is 8. The lowest BCUT2D eigenvalue weighted by Crippen LogP contribution is -2.53. The molecule has 212 valence electrons.